The Morgan fingerprint density at radius 2 is 1.74 bits per heavy atom. The van der Waals surface area contributed by atoms with Gasteiger partial charge in [0.2, 0.25) is 0 Å². The molecule has 0 saturated heterocycles. The zero-order valence-corrected chi connectivity index (χ0v) is 19.2. The number of nitrogens with zero attached hydrogens (tertiary/aromatic N) is 2. The molecule has 0 spiro atoms. The van der Waals surface area contributed by atoms with Crippen LogP contribution in [0, 0.1) is 0 Å². The van der Waals surface area contributed by atoms with Crippen molar-refractivity contribution in [1.29, 1.82) is 0 Å². The summed E-state index contributed by atoms with van der Waals surface area (Å²) in [6, 6.07) is 20.2. The highest BCUT2D eigenvalue weighted by Gasteiger charge is 2.47. The first-order valence-electron chi connectivity index (χ1n) is 10.5. The number of amides is 1. The molecule has 1 aliphatic rings. The minimum Gasteiger partial charge on any atom is -0.503 e. The predicted octanol–water partition coefficient (Wildman–Crippen LogP) is 5.10. The van der Waals surface area contributed by atoms with Crippen molar-refractivity contribution in [3.05, 3.63) is 95.3 Å². The molecule has 0 bridgehead atoms. The van der Waals surface area contributed by atoms with Crippen LogP contribution in [0.1, 0.15) is 22.0 Å². The SMILES string of the molecule is COc1ccc(C2C(C(=O)c3ccccc3)=C(O)C(=O)N2c2nc3ccccc3s2)c(OC)c1. The van der Waals surface area contributed by atoms with Crippen LogP contribution < -0.4 is 14.4 Å². The maximum absolute atomic E-state index is 13.6. The van der Waals surface area contributed by atoms with Gasteiger partial charge in [0.05, 0.1) is 30.0 Å². The van der Waals surface area contributed by atoms with Gasteiger partial charge in [-0.3, -0.25) is 14.5 Å². The van der Waals surface area contributed by atoms with Crippen molar-refractivity contribution in [3.8, 4) is 11.5 Å². The van der Waals surface area contributed by atoms with E-state index < -0.39 is 23.5 Å². The number of rotatable bonds is 6. The Morgan fingerprint density at radius 1 is 1.00 bits per heavy atom. The lowest BCUT2D eigenvalue weighted by atomic mass is 9.92. The van der Waals surface area contributed by atoms with Crippen molar-refractivity contribution in [2.75, 3.05) is 19.1 Å². The van der Waals surface area contributed by atoms with Gasteiger partial charge >= 0.3 is 0 Å². The summed E-state index contributed by atoms with van der Waals surface area (Å²) in [4.78, 5) is 33.0. The third-order valence-electron chi connectivity index (χ3n) is 5.71. The molecular weight excluding hydrogens is 452 g/mol. The smallest absolute Gasteiger partial charge is 0.296 e. The number of aliphatic hydroxyl groups excluding tert-OH is 1. The number of aliphatic hydroxyl groups is 1. The summed E-state index contributed by atoms with van der Waals surface area (Å²) in [5, 5.41) is 11.3. The molecule has 0 fully saturated rings. The van der Waals surface area contributed by atoms with Crippen LogP contribution in [0.5, 0.6) is 11.5 Å². The number of anilines is 1. The molecule has 0 radical (unpaired) electrons. The van der Waals surface area contributed by atoms with E-state index in [1.165, 1.54) is 30.5 Å². The molecule has 1 atom stereocenters. The second-order valence-electron chi connectivity index (χ2n) is 7.61. The molecule has 34 heavy (non-hydrogen) atoms. The van der Waals surface area contributed by atoms with Crippen LogP contribution in [0.25, 0.3) is 10.2 Å². The van der Waals surface area contributed by atoms with Gasteiger partial charge in [0, 0.05) is 17.2 Å². The monoisotopic (exact) mass is 472 g/mol. The van der Waals surface area contributed by atoms with E-state index in [2.05, 4.69) is 4.98 Å². The lowest BCUT2D eigenvalue weighted by Crippen LogP contribution is -2.31. The second-order valence-corrected chi connectivity index (χ2v) is 8.62. The van der Waals surface area contributed by atoms with Gasteiger partial charge in [-0.15, -0.1) is 0 Å². The van der Waals surface area contributed by atoms with Crippen LogP contribution in [0.3, 0.4) is 0 Å². The number of methoxy groups -OCH3 is 2. The largest absolute Gasteiger partial charge is 0.503 e. The van der Waals surface area contributed by atoms with E-state index in [-0.39, 0.29) is 5.57 Å². The zero-order valence-electron chi connectivity index (χ0n) is 18.4. The van der Waals surface area contributed by atoms with Gasteiger partial charge in [0.25, 0.3) is 5.91 Å². The number of Topliss-reactive ketones (excluding diaryl/α,β-unsaturated/α-hetero) is 1. The maximum Gasteiger partial charge on any atom is 0.296 e. The Labute approximate surface area is 199 Å². The van der Waals surface area contributed by atoms with Crippen LogP contribution >= 0.6 is 11.3 Å². The number of benzene rings is 3. The fourth-order valence-corrected chi connectivity index (χ4v) is 5.07. The number of thiazole rings is 1. The molecule has 1 aromatic heterocycles. The number of aromatic nitrogens is 1. The molecule has 2 heterocycles. The predicted molar refractivity (Wildman–Crippen MR) is 130 cm³/mol. The quantitative estimate of drug-likeness (QED) is 0.393. The van der Waals surface area contributed by atoms with Gasteiger partial charge in [-0.2, -0.15) is 0 Å². The van der Waals surface area contributed by atoms with Gasteiger partial charge in [-0.05, 0) is 24.3 Å². The Bertz CT molecular complexity index is 1410. The minimum atomic E-state index is -0.943. The van der Waals surface area contributed by atoms with Crippen molar-refractivity contribution < 1.29 is 24.2 Å². The zero-order chi connectivity index (χ0) is 23.8. The fourth-order valence-electron chi connectivity index (χ4n) is 4.08. The Hall–Kier alpha value is -4.17. The minimum absolute atomic E-state index is 0.0288. The molecule has 8 heteroatoms. The normalized spacial score (nSPS) is 15.8. The number of ketones is 1. The molecule has 1 unspecified atom stereocenters. The Morgan fingerprint density at radius 3 is 2.44 bits per heavy atom. The maximum atomic E-state index is 13.6. The molecule has 0 aliphatic carbocycles. The van der Waals surface area contributed by atoms with Crippen LogP contribution in [0.4, 0.5) is 5.13 Å². The summed E-state index contributed by atoms with van der Waals surface area (Å²) < 4.78 is 11.8. The molecule has 0 saturated carbocycles. The number of carbonyl (C=O) groups excluding carboxylic acids is 2. The standard InChI is InChI=1S/C26H20N2O5S/c1-32-16-12-13-17(19(14-16)33-2)22-21(23(29)15-8-4-3-5-9-15)24(30)25(31)28(22)26-27-18-10-6-7-11-20(18)34-26/h3-14,22,30H,1-2H3. The van der Waals surface area contributed by atoms with E-state index in [9.17, 15) is 14.7 Å². The molecule has 1 N–H and O–H groups in total. The first-order valence-corrected chi connectivity index (χ1v) is 11.3. The van der Waals surface area contributed by atoms with Crippen LogP contribution in [-0.4, -0.2) is 36.0 Å². The molecular formula is C26H20N2O5S. The van der Waals surface area contributed by atoms with E-state index in [4.69, 9.17) is 9.47 Å². The topological polar surface area (TPSA) is 89.0 Å². The highest BCUT2D eigenvalue weighted by molar-refractivity contribution is 7.22. The highest BCUT2D eigenvalue weighted by atomic mass is 32.1. The Balaban J connectivity index is 1.72. The summed E-state index contributed by atoms with van der Waals surface area (Å²) >= 11 is 1.31. The Kier molecular flexibility index (Phi) is 5.51. The average molecular weight is 473 g/mol. The second kappa shape index (κ2) is 8.64. The summed E-state index contributed by atoms with van der Waals surface area (Å²) in [5.74, 6) is -0.771. The molecule has 4 aromatic rings. The van der Waals surface area contributed by atoms with Crippen molar-refractivity contribution in [1.82, 2.24) is 4.98 Å². The summed E-state index contributed by atoms with van der Waals surface area (Å²) in [7, 11) is 3.04. The lowest BCUT2D eigenvalue weighted by molar-refractivity contribution is -0.117. The van der Waals surface area contributed by atoms with E-state index in [0.29, 0.717) is 27.8 Å². The highest BCUT2D eigenvalue weighted by Crippen LogP contribution is 2.47. The number of ether oxygens (including phenoxy) is 2. The van der Waals surface area contributed by atoms with Crippen molar-refractivity contribution >= 4 is 38.4 Å². The van der Waals surface area contributed by atoms with Crippen molar-refractivity contribution in [2.24, 2.45) is 0 Å². The average Bonchev–Trinajstić information content (AvgIpc) is 3.42. The van der Waals surface area contributed by atoms with Gasteiger partial charge in [0.15, 0.2) is 16.7 Å². The van der Waals surface area contributed by atoms with Gasteiger partial charge < -0.3 is 14.6 Å². The van der Waals surface area contributed by atoms with Crippen LogP contribution in [0.15, 0.2) is 84.1 Å². The third-order valence-corrected chi connectivity index (χ3v) is 6.75. The van der Waals surface area contributed by atoms with E-state index in [0.717, 1.165) is 10.2 Å². The van der Waals surface area contributed by atoms with Gasteiger partial charge in [-0.1, -0.05) is 53.8 Å². The van der Waals surface area contributed by atoms with E-state index >= 15 is 0 Å². The van der Waals surface area contributed by atoms with Gasteiger partial charge in [-0.25, -0.2) is 4.98 Å². The van der Waals surface area contributed by atoms with E-state index in [1.807, 2.05) is 24.3 Å². The summed E-state index contributed by atoms with van der Waals surface area (Å²) in [6.07, 6.45) is 0. The van der Waals surface area contributed by atoms with Gasteiger partial charge in [0.1, 0.15) is 17.5 Å². The number of hydrogen-bond acceptors (Lipinski definition) is 7. The number of hydrogen-bond donors (Lipinski definition) is 1. The fraction of sp³-hybridized carbons (Fsp3) is 0.115. The van der Waals surface area contributed by atoms with Crippen LogP contribution in [-0.2, 0) is 4.79 Å². The van der Waals surface area contributed by atoms with Crippen molar-refractivity contribution in [2.45, 2.75) is 6.04 Å². The number of fused-ring (bicyclic) bond motifs is 1. The first kappa shape index (κ1) is 21.7. The molecule has 170 valence electrons. The molecule has 5 rings (SSSR count). The third kappa shape index (κ3) is 3.48. The van der Waals surface area contributed by atoms with Crippen molar-refractivity contribution in [3.63, 3.8) is 0 Å². The van der Waals surface area contributed by atoms with E-state index in [1.54, 1.807) is 48.5 Å². The summed E-state index contributed by atoms with van der Waals surface area (Å²) in [6.45, 7) is 0. The lowest BCUT2D eigenvalue weighted by Gasteiger charge is -2.26. The molecule has 1 aliphatic heterocycles. The number of carbonyl (C=O) groups is 2. The number of para-hydroxylation sites is 1. The molecule has 7 nitrogen and oxygen atoms in total. The van der Waals surface area contributed by atoms with Crippen LogP contribution in [0.2, 0.25) is 0 Å². The first-order chi connectivity index (χ1) is 16.5. The molecule has 3 aromatic carbocycles. The molecule has 1 amide bonds. The summed E-state index contributed by atoms with van der Waals surface area (Å²) in [5.41, 5.74) is 1.58.